The summed E-state index contributed by atoms with van der Waals surface area (Å²) in [6, 6.07) is 15.2. The second-order valence-corrected chi connectivity index (χ2v) is 4.70. The number of fused-ring (bicyclic) bond motifs is 1. The van der Waals surface area contributed by atoms with E-state index in [-0.39, 0.29) is 0 Å². The van der Waals surface area contributed by atoms with Crippen molar-refractivity contribution in [2.24, 2.45) is 0 Å². The average Bonchev–Trinajstić information content (AvgIpc) is 2.46. The van der Waals surface area contributed by atoms with Crippen LogP contribution in [0.3, 0.4) is 0 Å². The first-order valence-electron chi connectivity index (χ1n) is 6.35. The van der Waals surface area contributed by atoms with E-state index in [1.165, 1.54) is 0 Å². The predicted octanol–water partition coefficient (Wildman–Crippen LogP) is 3.91. The van der Waals surface area contributed by atoms with Gasteiger partial charge in [0.25, 0.3) is 0 Å². The van der Waals surface area contributed by atoms with Crippen molar-refractivity contribution in [2.45, 2.75) is 6.92 Å². The van der Waals surface area contributed by atoms with Crippen LogP contribution >= 0.6 is 0 Å². The number of pyridine rings is 1. The molecule has 0 saturated heterocycles. The zero-order chi connectivity index (χ0) is 14.1. The van der Waals surface area contributed by atoms with Crippen LogP contribution < -0.4 is 0 Å². The first-order chi connectivity index (χ1) is 9.66. The summed E-state index contributed by atoms with van der Waals surface area (Å²) in [7, 11) is 0. The van der Waals surface area contributed by atoms with Gasteiger partial charge >= 0.3 is 5.97 Å². The number of nitrogens with zero attached hydrogens (tertiary/aromatic N) is 1. The highest BCUT2D eigenvalue weighted by molar-refractivity contribution is 5.93. The van der Waals surface area contributed by atoms with E-state index in [2.05, 4.69) is 4.98 Å². The molecule has 3 heteroatoms. The highest BCUT2D eigenvalue weighted by Gasteiger charge is 2.11. The van der Waals surface area contributed by atoms with Crippen LogP contribution in [-0.2, 0) is 0 Å². The molecule has 0 saturated carbocycles. The molecule has 2 aromatic carbocycles. The Labute approximate surface area is 116 Å². The van der Waals surface area contributed by atoms with E-state index in [1.807, 2.05) is 43.3 Å². The van der Waals surface area contributed by atoms with Crippen LogP contribution in [0.25, 0.3) is 22.0 Å². The van der Waals surface area contributed by atoms with Crippen LogP contribution in [0.4, 0.5) is 0 Å². The molecular weight excluding hydrogens is 250 g/mol. The minimum absolute atomic E-state index is 0.329. The second-order valence-electron chi connectivity index (χ2n) is 4.70. The summed E-state index contributed by atoms with van der Waals surface area (Å²) in [4.78, 5) is 15.6. The molecule has 0 aliphatic heterocycles. The fraction of sp³-hybridized carbons (Fsp3) is 0.0588. The Hall–Kier alpha value is -2.68. The van der Waals surface area contributed by atoms with Gasteiger partial charge in [-0.05, 0) is 36.2 Å². The molecule has 0 unspecified atom stereocenters. The molecule has 20 heavy (non-hydrogen) atoms. The molecule has 0 bridgehead atoms. The first-order valence-corrected chi connectivity index (χ1v) is 6.35. The van der Waals surface area contributed by atoms with Gasteiger partial charge in [0.2, 0.25) is 0 Å². The van der Waals surface area contributed by atoms with E-state index in [0.29, 0.717) is 5.56 Å². The van der Waals surface area contributed by atoms with Crippen molar-refractivity contribution in [2.75, 3.05) is 0 Å². The molecule has 0 atom stereocenters. The van der Waals surface area contributed by atoms with Crippen molar-refractivity contribution < 1.29 is 9.90 Å². The summed E-state index contributed by atoms with van der Waals surface area (Å²) in [5.41, 5.74) is 3.86. The van der Waals surface area contributed by atoms with E-state index >= 15 is 0 Å². The van der Waals surface area contributed by atoms with Gasteiger partial charge in [0.05, 0.1) is 11.1 Å². The Balaban J connectivity index is 2.20. The molecule has 1 heterocycles. The van der Waals surface area contributed by atoms with Gasteiger partial charge in [-0.2, -0.15) is 0 Å². The Morgan fingerprint density at radius 1 is 1.10 bits per heavy atom. The van der Waals surface area contributed by atoms with Gasteiger partial charge in [0, 0.05) is 17.1 Å². The summed E-state index contributed by atoms with van der Waals surface area (Å²) >= 11 is 0. The third kappa shape index (κ3) is 2.03. The summed E-state index contributed by atoms with van der Waals surface area (Å²) in [5, 5.41) is 10.2. The fourth-order valence-corrected chi connectivity index (χ4v) is 2.40. The van der Waals surface area contributed by atoms with Crippen molar-refractivity contribution in [1.82, 2.24) is 4.98 Å². The molecule has 1 aromatic heterocycles. The van der Waals surface area contributed by atoms with Gasteiger partial charge in [0.15, 0.2) is 0 Å². The number of aromatic nitrogens is 1. The number of rotatable bonds is 2. The lowest BCUT2D eigenvalue weighted by molar-refractivity contribution is 0.0696. The van der Waals surface area contributed by atoms with Gasteiger partial charge in [-0.15, -0.1) is 0 Å². The quantitative estimate of drug-likeness (QED) is 0.762. The summed E-state index contributed by atoms with van der Waals surface area (Å²) in [5.74, 6) is -0.905. The van der Waals surface area contributed by atoms with E-state index in [0.717, 1.165) is 27.6 Å². The predicted molar refractivity (Wildman–Crippen MR) is 78.9 cm³/mol. The maximum absolute atomic E-state index is 11.2. The highest BCUT2D eigenvalue weighted by Crippen LogP contribution is 2.27. The number of hydrogen-bond donors (Lipinski definition) is 1. The molecule has 3 rings (SSSR count). The molecule has 0 aliphatic carbocycles. The fourth-order valence-electron chi connectivity index (χ4n) is 2.40. The standard InChI is InChI=1S/C17H13NO2/c1-11-14(6-4-7-15(11)17(19)20)13-9-12-5-2-3-8-16(12)18-10-13/h2-10H,1H3,(H,19,20). The van der Waals surface area contributed by atoms with Crippen molar-refractivity contribution >= 4 is 16.9 Å². The maximum atomic E-state index is 11.2. The number of para-hydroxylation sites is 1. The molecule has 0 radical (unpaired) electrons. The van der Waals surface area contributed by atoms with Crippen molar-refractivity contribution in [3.63, 3.8) is 0 Å². The van der Waals surface area contributed by atoms with Gasteiger partial charge in [-0.3, -0.25) is 4.98 Å². The van der Waals surface area contributed by atoms with Crippen LogP contribution in [-0.4, -0.2) is 16.1 Å². The number of carboxylic acid groups (broad SMARTS) is 1. The van der Waals surface area contributed by atoms with E-state index in [4.69, 9.17) is 0 Å². The molecule has 0 aliphatic rings. The zero-order valence-electron chi connectivity index (χ0n) is 11.0. The van der Waals surface area contributed by atoms with Gasteiger partial charge in [0.1, 0.15) is 0 Å². The lowest BCUT2D eigenvalue weighted by atomic mass is 9.97. The van der Waals surface area contributed by atoms with Crippen LogP contribution in [0.15, 0.2) is 54.7 Å². The largest absolute Gasteiger partial charge is 0.478 e. The summed E-state index contributed by atoms with van der Waals surface area (Å²) in [6.07, 6.45) is 1.79. The van der Waals surface area contributed by atoms with Crippen LogP contribution in [0, 0.1) is 6.92 Å². The van der Waals surface area contributed by atoms with Crippen molar-refractivity contribution in [1.29, 1.82) is 0 Å². The molecule has 0 amide bonds. The lowest BCUT2D eigenvalue weighted by Gasteiger charge is -2.09. The maximum Gasteiger partial charge on any atom is 0.335 e. The Kier molecular flexibility index (Phi) is 2.95. The first kappa shape index (κ1) is 12.4. The second kappa shape index (κ2) is 4.78. The smallest absolute Gasteiger partial charge is 0.335 e. The lowest BCUT2D eigenvalue weighted by Crippen LogP contribution is -2.00. The number of carbonyl (C=O) groups is 1. The van der Waals surface area contributed by atoms with Gasteiger partial charge in [-0.1, -0.05) is 30.3 Å². The van der Waals surface area contributed by atoms with E-state index in [1.54, 1.807) is 18.3 Å². The zero-order valence-corrected chi connectivity index (χ0v) is 11.0. The van der Waals surface area contributed by atoms with Crippen LogP contribution in [0.1, 0.15) is 15.9 Å². The number of aromatic carboxylic acids is 1. The van der Waals surface area contributed by atoms with E-state index in [9.17, 15) is 9.90 Å². The summed E-state index contributed by atoms with van der Waals surface area (Å²) in [6.45, 7) is 1.83. The van der Waals surface area contributed by atoms with Crippen molar-refractivity contribution in [3.05, 3.63) is 65.9 Å². The van der Waals surface area contributed by atoms with Gasteiger partial charge < -0.3 is 5.11 Å². The molecule has 98 valence electrons. The molecule has 3 aromatic rings. The third-order valence-electron chi connectivity index (χ3n) is 3.47. The highest BCUT2D eigenvalue weighted by atomic mass is 16.4. The van der Waals surface area contributed by atoms with Crippen molar-refractivity contribution in [3.8, 4) is 11.1 Å². The Morgan fingerprint density at radius 2 is 1.90 bits per heavy atom. The number of benzene rings is 2. The SMILES string of the molecule is Cc1c(C(=O)O)cccc1-c1cnc2ccccc2c1. The Morgan fingerprint density at radius 3 is 2.70 bits per heavy atom. The minimum Gasteiger partial charge on any atom is -0.478 e. The monoisotopic (exact) mass is 263 g/mol. The molecular formula is C17H13NO2. The minimum atomic E-state index is -0.905. The molecule has 0 fully saturated rings. The Bertz CT molecular complexity index is 809. The molecule has 0 spiro atoms. The van der Waals surface area contributed by atoms with E-state index < -0.39 is 5.97 Å². The molecule has 1 N–H and O–H groups in total. The number of hydrogen-bond acceptors (Lipinski definition) is 2. The average molecular weight is 263 g/mol. The number of carboxylic acids is 1. The summed E-state index contributed by atoms with van der Waals surface area (Å²) < 4.78 is 0. The molecule has 3 nitrogen and oxygen atoms in total. The van der Waals surface area contributed by atoms with Crippen LogP contribution in [0.2, 0.25) is 0 Å². The van der Waals surface area contributed by atoms with Crippen LogP contribution in [0.5, 0.6) is 0 Å². The third-order valence-corrected chi connectivity index (χ3v) is 3.47. The normalized spacial score (nSPS) is 10.7. The topological polar surface area (TPSA) is 50.2 Å². The van der Waals surface area contributed by atoms with Gasteiger partial charge in [-0.25, -0.2) is 4.79 Å².